The largest absolute Gasteiger partial charge is 0.384 e. The minimum absolute atomic E-state index is 0.372. The van der Waals surface area contributed by atoms with Crippen molar-refractivity contribution in [3.63, 3.8) is 0 Å². The second-order valence-corrected chi connectivity index (χ2v) is 4.37. The number of aromatic nitrogens is 2. The predicted octanol–water partition coefficient (Wildman–Crippen LogP) is 1.56. The summed E-state index contributed by atoms with van der Waals surface area (Å²) in [5.74, 6) is 1.65. The third-order valence-electron chi connectivity index (χ3n) is 1.97. The van der Waals surface area contributed by atoms with E-state index in [0.717, 1.165) is 12.3 Å². The number of rotatable bonds is 7. The summed E-state index contributed by atoms with van der Waals surface area (Å²) in [5, 5.41) is 0. The van der Waals surface area contributed by atoms with Gasteiger partial charge in [0, 0.05) is 18.4 Å². The monoisotopic (exact) mass is 239 g/mol. The Morgan fingerprint density at radius 2 is 1.94 bits per heavy atom. The van der Waals surface area contributed by atoms with Gasteiger partial charge in [-0.15, -0.1) is 0 Å². The summed E-state index contributed by atoms with van der Waals surface area (Å²) in [6, 6.07) is 1.73. The topological polar surface area (TPSA) is 70.3 Å². The lowest BCUT2D eigenvalue weighted by molar-refractivity contribution is 0.0294. The Kier molecular flexibility index (Phi) is 5.86. The van der Waals surface area contributed by atoms with Gasteiger partial charge in [0.1, 0.15) is 12.4 Å². The molecule has 1 heterocycles. The number of nitrogen functional groups attached to an aromatic ring is 1. The second-order valence-electron chi connectivity index (χ2n) is 4.37. The standard InChI is InChI=1S/C12H21N3O2/c1-9(2)7-16-4-5-17-8-12-14-10(3)6-11(13)15-12/h6,9H,4-5,7-8H2,1-3H3,(H2,13,14,15). The van der Waals surface area contributed by atoms with Gasteiger partial charge in [0.2, 0.25) is 0 Å². The fraction of sp³-hybridized carbons (Fsp3) is 0.667. The van der Waals surface area contributed by atoms with E-state index in [0.29, 0.717) is 37.4 Å². The summed E-state index contributed by atoms with van der Waals surface area (Å²) in [4.78, 5) is 8.30. The Morgan fingerprint density at radius 1 is 1.24 bits per heavy atom. The first kappa shape index (κ1) is 13.9. The molecule has 0 bridgehead atoms. The van der Waals surface area contributed by atoms with Crippen LogP contribution in [0.2, 0.25) is 0 Å². The molecule has 1 rings (SSSR count). The molecule has 0 atom stereocenters. The molecule has 1 aromatic heterocycles. The van der Waals surface area contributed by atoms with Gasteiger partial charge in [0.25, 0.3) is 0 Å². The van der Waals surface area contributed by atoms with Crippen LogP contribution in [-0.4, -0.2) is 29.8 Å². The highest BCUT2D eigenvalue weighted by molar-refractivity contribution is 5.28. The number of ether oxygens (including phenoxy) is 2. The Morgan fingerprint density at radius 3 is 2.59 bits per heavy atom. The molecule has 96 valence electrons. The van der Waals surface area contributed by atoms with E-state index in [9.17, 15) is 0 Å². The van der Waals surface area contributed by atoms with Gasteiger partial charge >= 0.3 is 0 Å². The number of aryl methyl sites for hydroxylation is 1. The SMILES string of the molecule is Cc1cc(N)nc(COCCOCC(C)C)n1. The molecular weight excluding hydrogens is 218 g/mol. The Labute approximate surface area is 102 Å². The van der Waals surface area contributed by atoms with Crippen molar-refractivity contribution in [2.24, 2.45) is 5.92 Å². The van der Waals surface area contributed by atoms with Crippen molar-refractivity contribution in [1.82, 2.24) is 9.97 Å². The van der Waals surface area contributed by atoms with Crippen LogP contribution in [0.5, 0.6) is 0 Å². The zero-order valence-electron chi connectivity index (χ0n) is 10.8. The summed E-state index contributed by atoms with van der Waals surface area (Å²) < 4.78 is 10.8. The number of anilines is 1. The minimum Gasteiger partial charge on any atom is -0.384 e. The molecule has 1 aromatic rings. The summed E-state index contributed by atoms with van der Waals surface area (Å²) in [7, 11) is 0. The van der Waals surface area contributed by atoms with Gasteiger partial charge in [-0.05, 0) is 12.8 Å². The van der Waals surface area contributed by atoms with Crippen molar-refractivity contribution < 1.29 is 9.47 Å². The van der Waals surface area contributed by atoms with Crippen molar-refractivity contribution in [3.8, 4) is 0 Å². The van der Waals surface area contributed by atoms with Crippen molar-refractivity contribution >= 4 is 5.82 Å². The van der Waals surface area contributed by atoms with E-state index >= 15 is 0 Å². The van der Waals surface area contributed by atoms with Crippen LogP contribution in [0, 0.1) is 12.8 Å². The highest BCUT2D eigenvalue weighted by Gasteiger charge is 2.00. The number of hydrogen-bond acceptors (Lipinski definition) is 5. The van der Waals surface area contributed by atoms with Crippen molar-refractivity contribution in [3.05, 3.63) is 17.6 Å². The van der Waals surface area contributed by atoms with Crippen LogP contribution in [0.4, 0.5) is 5.82 Å². The molecule has 0 aliphatic rings. The van der Waals surface area contributed by atoms with Crippen molar-refractivity contribution in [1.29, 1.82) is 0 Å². The average Bonchev–Trinajstić information content (AvgIpc) is 2.21. The highest BCUT2D eigenvalue weighted by Crippen LogP contribution is 2.02. The number of nitrogens with two attached hydrogens (primary N) is 1. The predicted molar refractivity (Wildman–Crippen MR) is 66.5 cm³/mol. The first-order chi connectivity index (χ1) is 8.08. The first-order valence-electron chi connectivity index (χ1n) is 5.83. The van der Waals surface area contributed by atoms with Gasteiger partial charge in [-0.2, -0.15) is 0 Å². The lowest BCUT2D eigenvalue weighted by Crippen LogP contribution is -2.10. The molecule has 0 saturated heterocycles. The zero-order chi connectivity index (χ0) is 12.7. The molecule has 0 radical (unpaired) electrons. The molecule has 5 heteroatoms. The molecule has 0 fully saturated rings. The number of nitrogens with zero attached hydrogens (tertiary/aromatic N) is 2. The number of hydrogen-bond donors (Lipinski definition) is 1. The Balaban J connectivity index is 2.18. The molecule has 17 heavy (non-hydrogen) atoms. The normalized spacial score (nSPS) is 11.1. The van der Waals surface area contributed by atoms with Crippen LogP contribution in [0.25, 0.3) is 0 Å². The lowest BCUT2D eigenvalue weighted by Gasteiger charge is -2.07. The summed E-state index contributed by atoms with van der Waals surface area (Å²) in [6.45, 7) is 8.39. The quantitative estimate of drug-likeness (QED) is 0.731. The van der Waals surface area contributed by atoms with Crippen LogP contribution < -0.4 is 5.73 Å². The molecule has 2 N–H and O–H groups in total. The van der Waals surface area contributed by atoms with E-state index < -0.39 is 0 Å². The second kappa shape index (κ2) is 7.19. The van der Waals surface area contributed by atoms with Gasteiger partial charge in [0.05, 0.1) is 13.2 Å². The van der Waals surface area contributed by atoms with E-state index in [2.05, 4.69) is 23.8 Å². The van der Waals surface area contributed by atoms with Crippen LogP contribution in [0.1, 0.15) is 25.4 Å². The van der Waals surface area contributed by atoms with E-state index in [1.807, 2.05) is 6.92 Å². The fourth-order valence-electron chi connectivity index (χ4n) is 1.32. The Hall–Kier alpha value is -1.20. The highest BCUT2D eigenvalue weighted by atomic mass is 16.5. The van der Waals surface area contributed by atoms with Crippen LogP contribution in [0.15, 0.2) is 6.07 Å². The maximum Gasteiger partial charge on any atom is 0.156 e. The van der Waals surface area contributed by atoms with Gasteiger partial charge in [-0.25, -0.2) is 9.97 Å². The van der Waals surface area contributed by atoms with Gasteiger partial charge < -0.3 is 15.2 Å². The maximum absolute atomic E-state index is 5.61. The summed E-state index contributed by atoms with van der Waals surface area (Å²) in [5.41, 5.74) is 6.47. The van der Waals surface area contributed by atoms with E-state index in [-0.39, 0.29) is 0 Å². The van der Waals surface area contributed by atoms with Gasteiger partial charge in [-0.1, -0.05) is 13.8 Å². The maximum atomic E-state index is 5.61. The van der Waals surface area contributed by atoms with E-state index in [4.69, 9.17) is 15.2 Å². The lowest BCUT2D eigenvalue weighted by atomic mass is 10.2. The third-order valence-corrected chi connectivity index (χ3v) is 1.97. The average molecular weight is 239 g/mol. The summed E-state index contributed by atoms with van der Waals surface area (Å²) >= 11 is 0. The molecule has 0 spiro atoms. The van der Waals surface area contributed by atoms with Crippen LogP contribution in [-0.2, 0) is 16.1 Å². The molecule has 0 aliphatic heterocycles. The molecule has 5 nitrogen and oxygen atoms in total. The molecule has 0 aromatic carbocycles. The molecule has 0 aliphatic carbocycles. The molecule has 0 unspecified atom stereocenters. The van der Waals surface area contributed by atoms with E-state index in [1.54, 1.807) is 6.07 Å². The first-order valence-corrected chi connectivity index (χ1v) is 5.83. The fourth-order valence-corrected chi connectivity index (χ4v) is 1.32. The Bertz CT molecular complexity index is 322. The molecular formula is C12H21N3O2. The smallest absolute Gasteiger partial charge is 0.156 e. The molecule has 0 amide bonds. The van der Waals surface area contributed by atoms with Crippen LogP contribution >= 0.6 is 0 Å². The van der Waals surface area contributed by atoms with Gasteiger partial charge in [-0.3, -0.25) is 0 Å². The van der Waals surface area contributed by atoms with Crippen molar-refractivity contribution in [2.75, 3.05) is 25.6 Å². The summed E-state index contributed by atoms with van der Waals surface area (Å²) in [6.07, 6.45) is 0. The molecule has 0 saturated carbocycles. The van der Waals surface area contributed by atoms with Gasteiger partial charge in [0.15, 0.2) is 5.82 Å². The zero-order valence-corrected chi connectivity index (χ0v) is 10.8. The van der Waals surface area contributed by atoms with Crippen molar-refractivity contribution in [2.45, 2.75) is 27.4 Å². The van der Waals surface area contributed by atoms with E-state index in [1.165, 1.54) is 0 Å². The minimum atomic E-state index is 0.372. The third kappa shape index (κ3) is 6.19. The van der Waals surface area contributed by atoms with Crippen LogP contribution in [0.3, 0.4) is 0 Å².